The molecule has 2 aliphatic heterocycles. The smallest absolute Gasteiger partial charge is 0.0502 e. The van der Waals surface area contributed by atoms with Crippen molar-refractivity contribution in [2.75, 3.05) is 25.0 Å². The lowest BCUT2D eigenvalue weighted by Gasteiger charge is -2.27. The minimum Gasteiger partial charge on any atom is -0.374 e. The zero-order chi connectivity index (χ0) is 13.0. The van der Waals surface area contributed by atoms with E-state index in [1.54, 1.807) is 0 Å². The molecule has 3 nitrogen and oxygen atoms in total. The molecule has 2 N–H and O–H groups in total. The predicted molar refractivity (Wildman–Crippen MR) is 78.5 cm³/mol. The molecule has 0 radical (unpaired) electrons. The fourth-order valence-corrected chi connectivity index (χ4v) is 3.87. The highest BCUT2D eigenvalue weighted by molar-refractivity contribution is 5.58. The number of nitrogens with zero attached hydrogens (tertiary/aromatic N) is 2. The molecule has 2 unspecified atom stereocenters. The van der Waals surface area contributed by atoms with Gasteiger partial charge in [0.2, 0.25) is 0 Å². The number of hydrogen-bond acceptors (Lipinski definition) is 3. The second kappa shape index (κ2) is 4.22. The van der Waals surface area contributed by atoms with Crippen molar-refractivity contribution in [3.63, 3.8) is 0 Å². The van der Waals surface area contributed by atoms with E-state index in [9.17, 15) is 0 Å². The van der Waals surface area contributed by atoms with Crippen LogP contribution in [0.4, 0.5) is 5.69 Å². The topological polar surface area (TPSA) is 32.5 Å². The van der Waals surface area contributed by atoms with Crippen molar-refractivity contribution in [3.8, 4) is 0 Å². The Labute approximate surface area is 115 Å². The van der Waals surface area contributed by atoms with E-state index in [-0.39, 0.29) is 0 Å². The molecule has 1 saturated carbocycles. The molecule has 1 saturated heterocycles. The highest BCUT2D eigenvalue weighted by Crippen LogP contribution is 2.41. The molecule has 3 aliphatic rings. The van der Waals surface area contributed by atoms with Crippen molar-refractivity contribution in [2.45, 2.75) is 43.8 Å². The van der Waals surface area contributed by atoms with Gasteiger partial charge in [0.15, 0.2) is 0 Å². The van der Waals surface area contributed by atoms with Crippen LogP contribution in [0.5, 0.6) is 0 Å². The zero-order valence-electron chi connectivity index (χ0n) is 11.7. The number of nitrogens with two attached hydrogens (primary N) is 1. The molecule has 1 aromatic rings. The summed E-state index contributed by atoms with van der Waals surface area (Å²) in [5, 5.41) is 0. The van der Waals surface area contributed by atoms with E-state index in [1.807, 2.05) is 0 Å². The van der Waals surface area contributed by atoms with Crippen molar-refractivity contribution < 1.29 is 0 Å². The monoisotopic (exact) mass is 257 g/mol. The Morgan fingerprint density at radius 2 is 2.00 bits per heavy atom. The summed E-state index contributed by atoms with van der Waals surface area (Å²) in [6.45, 7) is 2.34. The fraction of sp³-hybridized carbons (Fsp3) is 0.625. The number of anilines is 1. The summed E-state index contributed by atoms with van der Waals surface area (Å²) in [7, 11) is 2.18. The first-order valence-electron chi connectivity index (χ1n) is 7.59. The van der Waals surface area contributed by atoms with Crippen LogP contribution in [-0.4, -0.2) is 37.1 Å². The average molecular weight is 257 g/mol. The van der Waals surface area contributed by atoms with Crippen LogP contribution >= 0.6 is 0 Å². The molecule has 0 spiro atoms. The molecular formula is C16H23N3. The third-order valence-corrected chi connectivity index (χ3v) is 5.07. The van der Waals surface area contributed by atoms with Crippen LogP contribution in [0.15, 0.2) is 18.2 Å². The second-order valence-electron chi connectivity index (χ2n) is 6.43. The van der Waals surface area contributed by atoms with Crippen molar-refractivity contribution in [1.29, 1.82) is 0 Å². The lowest BCUT2D eigenvalue weighted by atomic mass is 9.97. The quantitative estimate of drug-likeness (QED) is 0.878. The van der Waals surface area contributed by atoms with Gasteiger partial charge in [-0.2, -0.15) is 0 Å². The minimum absolute atomic E-state index is 0.317. The molecular weight excluding hydrogens is 234 g/mol. The molecule has 0 aromatic heterocycles. The number of likely N-dealkylation sites (N-methyl/N-ethyl adjacent to an activating group) is 1. The second-order valence-corrected chi connectivity index (χ2v) is 6.43. The summed E-state index contributed by atoms with van der Waals surface area (Å²) in [5.74, 6) is 0. The van der Waals surface area contributed by atoms with E-state index in [0.717, 1.165) is 19.0 Å². The van der Waals surface area contributed by atoms with Gasteiger partial charge >= 0.3 is 0 Å². The summed E-state index contributed by atoms with van der Waals surface area (Å²) in [6.07, 6.45) is 5.08. The summed E-state index contributed by atoms with van der Waals surface area (Å²) >= 11 is 0. The Morgan fingerprint density at radius 3 is 2.79 bits per heavy atom. The Kier molecular flexibility index (Phi) is 2.61. The number of benzene rings is 1. The van der Waals surface area contributed by atoms with Crippen LogP contribution in [0.3, 0.4) is 0 Å². The number of fused-ring (bicyclic) bond motifs is 1. The van der Waals surface area contributed by atoms with Gasteiger partial charge in [-0.1, -0.05) is 12.1 Å². The van der Waals surface area contributed by atoms with Crippen LogP contribution in [0.25, 0.3) is 0 Å². The van der Waals surface area contributed by atoms with Gasteiger partial charge in [-0.3, -0.25) is 4.90 Å². The third-order valence-electron chi connectivity index (χ3n) is 5.07. The SMILES string of the molecule is CN1CCc2cc(C3C(N)CCN3C3CC3)ccc21. The summed E-state index contributed by atoms with van der Waals surface area (Å²) in [4.78, 5) is 5.01. The van der Waals surface area contributed by atoms with Crippen LogP contribution in [0, 0.1) is 0 Å². The fourth-order valence-electron chi connectivity index (χ4n) is 3.87. The maximum atomic E-state index is 6.39. The van der Waals surface area contributed by atoms with Crippen molar-refractivity contribution in [1.82, 2.24) is 4.90 Å². The summed E-state index contributed by atoms with van der Waals surface area (Å²) < 4.78 is 0. The molecule has 2 fully saturated rings. The first-order valence-corrected chi connectivity index (χ1v) is 7.59. The highest BCUT2D eigenvalue weighted by atomic mass is 15.2. The van der Waals surface area contributed by atoms with Gasteiger partial charge in [0.1, 0.15) is 0 Å². The molecule has 2 atom stereocenters. The number of rotatable bonds is 2. The molecule has 0 bridgehead atoms. The van der Waals surface area contributed by atoms with Gasteiger partial charge in [-0.05, 0) is 42.9 Å². The third kappa shape index (κ3) is 1.87. The molecule has 19 heavy (non-hydrogen) atoms. The van der Waals surface area contributed by atoms with Gasteiger partial charge in [-0.25, -0.2) is 0 Å². The largest absolute Gasteiger partial charge is 0.374 e. The van der Waals surface area contributed by atoms with Crippen molar-refractivity contribution in [2.24, 2.45) is 5.73 Å². The molecule has 1 aromatic carbocycles. The predicted octanol–water partition coefficient (Wildman–Crippen LogP) is 1.92. The number of likely N-dealkylation sites (tertiary alicyclic amines) is 1. The van der Waals surface area contributed by atoms with Gasteiger partial charge in [0, 0.05) is 37.9 Å². The van der Waals surface area contributed by atoms with Gasteiger partial charge in [-0.15, -0.1) is 0 Å². The van der Waals surface area contributed by atoms with Crippen LogP contribution in [0.2, 0.25) is 0 Å². The van der Waals surface area contributed by atoms with E-state index in [2.05, 4.69) is 35.0 Å². The lowest BCUT2D eigenvalue weighted by Crippen LogP contribution is -2.33. The van der Waals surface area contributed by atoms with E-state index in [4.69, 9.17) is 5.73 Å². The summed E-state index contributed by atoms with van der Waals surface area (Å²) in [6, 6.07) is 8.62. The maximum absolute atomic E-state index is 6.39. The number of hydrogen-bond donors (Lipinski definition) is 1. The van der Waals surface area contributed by atoms with E-state index in [1.165, 1.54) is 42.6 Å². The van der Waals surface area contributed by atoms with E-state index >= 15 is 0 Å². The Bertz CT molecular complexity index is 495. The first-order chi connectivity index (χ1) is 9.24. The molecule has 2 heterocycles. The Morgan fingerprint density at radius 1 is 1.16 bits per heavy atom. The molecule has 102 valence electrons. The first kappa shape index (κ1) is 11.7. The van der Waals surface area contributed by atoms with E-state index in [0.29, 0.717) is 12.1 Å². The summed E-state index contributed by atoms with van der Waals surface area (Å²) in [5.41, 5.74) is 10.8. The Hall–Kier alpha value is -1.06. The highest BCUT2D eigenvalue weighted by Gasteiger charge is 2.41. The van der Waals surface area contributed by atoms with Crippen LogP contribution in [-0.2, 0) is 6.42 Å². The zero-order valence-corrected chi connectivity index (χ0v) is 11.7. The molecule has 3 heteroatoms. The normalized spacial score (nSPS) is 30.9. The molecule has 4 rings (SSSR count). The minimum atomic E-state index is 0.317. The Balaban J connectivity index is 1.67. The van der Waals surface area contributed by atoms with Crippen LogP contribution in [0.1, 0.15) is 36.4 Å². The maximum Gasteiger partial charge on any atom is 0.0502 e. The van der Waals surface area contributed by atoms with Gasteiger partial charge < -0.3 is 10.6 Å². The van der Waals surface area contributed by atoms with Crippen molar-refractivity contribution >= 4 is 5.69 Å². The van der Waals surface area contributed by atoms with E-state index < -0.39 is 0 Å². The lowest BCUT2D eigenvalue weighted by molar-refractivity contribution is 0.237. The molecule has 0 amide bonds. The van der Waals surface area contributed by atoms with Gasteiger partial charge in [0.05, 0.1) is 6.04 Å². The van der Waals surface area contributed by atoms with Crippen LogP contribution < -0.4 is 10.6 Å². The average Bonchev–Trinajstić information content (AvgIpc) is 3.10. The van der Waals surface area contributed by atoms with Crippen molar-refractivity contribution in [3.05, 3.63) is 29.3 Å². The van der Waals surface area contributed by atoms with Gasteiger partial charge in [0.25, 0.3) is 0 Å². The molecule has 1 aliphatic carbocycles. The standard InChI is InChI=1S/C16H23N3/c1-18-8-6-11-10-12(2-5-15(11)18)16-14(17)7-9-19(16)13-3-4-13/h2,5,10,13-14,16H,3-4,6-9,17H2,1H3.